The molecule has 4 atom stereocenters. The van der Waals surface area contributed by atoms with Crippen molar-refractivity contribution in [1.29, 1.82) is 0 Å². The number of anilines is 1. The molecular weight excluding hydrogens is 468 g/mol. The number of benzene rings is 2. The van der Waals surface area contributed by atoms with E-state index in [2.05, 4.69) is 17.0 Å². The van der Waals surface area contributed by atoms with Crippen LogP contribution >= 0.6 is 0 Å². The van der Waals surface area contributed by atoms with Crippen LogP contribution in [0, 0.1) is 22.0 Å². The van der Waals surface area contributed by atoms with Gasteiger partial charge in [0.05, 0.1) is 10.8 Å². The molecule has 1 fully saturated rings. The Morgan fingerprint density at radius 1 is 0.973 bits per heavy atom. The number of piperidine rings is 1. The first-order chi connectivity index (χ1) is 18.0. The van der Waals surface area contributed by atoms with Crippen molar-refractivity contribution in [1.82, 2.24) is 9.47 Å². The second-order valence-corrected chi connectivity index (χ2v) is 10.9. The van der Waals surface area contributed by atoms with Crippen molar-refractivity contribution in [3.63, 3.8) is 0 Å². The molecule has 8 heteroatoms. The summed E-state index contributed by atoms with van der Waals surface area (Å²) >= 11 is 0. The normalized spacial score (nSPS) is 25.4. The molecule has 37 heavy (non-hydrogen) atoms. The lowest BCUT2D eigenvalue weighted by atomic mass is 9.69. The predicted octanol–water partition coefficient (Wildman–Crippen LogP) is 3.51. The van der Waals surface area contributed by atoms with Gasteiger partial charge in [-0.05, 0) is 54.0 Å². The quantitative estimate of drug-likeness (QED) is 0.400. The predicted molar refractivity (Wildman–Crippen MR) is 139 cm³/mol. The van der Waals surface area contributed by atoms with E-state index in [0.717, 1.165) is 29.8 Å². The van der Waals surface area contributed by atoms with Gasteiger partial charge in [0.1, 0.15) is 0 Å². The van der Waals surface area contributed by atoms with Crippen molar-refractivity contribution in [3.05, 3.63) is 104 Å². The lowest BCUT2D eigenvalue weighted by Crippen LogP contribution is -2.61. The molecular formula is C29H28N4O4. The average Bonchev–Trinajstić information content (AvgIpc) is 2.92. The Balaban J connectivity index is 1.30. The Bertz CT molecular complexity index is 1500. The molecule has 0 aliphatic carbocycles. The second-order valence-electron chi connectivity index (χ2n) is 10.9. The molecule has 0 N–H and O–H groups in total. The number of amides is 1. The van der Waals surface area contributed by atoms with Crippen LogP contribution < -0.4 is 10.5 Å². The fourth-order valence-corrected chi connectivity index (χ4v) is 7.36. The number of non-ortho nitro benzene ring substituents is 1. The lowest BCUT2D eigenvalue weighted by Gasteiger charge is -2.54. The average molecular weight is 497 g/mol. The van der Waals surface area contributed by atoms with E-state index in [1.807, 2.05) is 39.8 Å². The molecule has 0 unspecified atom stereocenters. The topological polar surface area (TPSA) is 88.7 Å². The summed E-state index contributed by atoms with van der Waals surface area (Å²) in [6.07, 6.45) is 2.26. The highest BCUT2D eigenvalue weighted by Gasteiger charge is 2.50. The minimum atomic E-state index is -0.363. The number of carbonyl (C=O) groups excluding carboxylic acids is 1. The van der Waals surface area contributed by atoms with Crippen molar-refractivity contribution in [2.45, 2.75) is 44.3 Å². The molecule has 4 aliphatic heterocycles. The van der Waals surface area contributed by atoms with Crippen molar-refractivity contribution in [2.75, 3.05) is 18.0 Å². The Morgan fingerprint density at radius 3 is 2.65 bits per heavy atom. The van der Waals surface area contributed by atoms with Gasteiger partial charge in [0, 0.05) is 67.7 Å². The van der Waals surface area contributed by atoms with Gasteiger partial charge in [0.15, 0.2) is 0 Å². The van der Waals surface area contributed by atoms with Crippen LogP contribution in [0.3, 0.4) is 0 Å². The Kier molecular flexibility index (Phi) is 4.99. The number of nitro benzene ring substituents is 1. The van der Waals surface area contributed by atoms with Gasteiger partial charge in [-0.3, -0.25) is 19.7 Å². The second kappa shape index (κ2) is 8.30. The molecule has 5 heterocycles. The van der Waals surface area contributed by atoms with Gasteiger partial charge < -0.3 is 14.4 Å². The molecule has 2 bridgehead atoms. The number of fused-ring (bicyclic) bond motifs is 9. The minimum absolute atomic E-state index is 0.0167. The minimum Gasteiger partial charge on any atom is -0.366 e. The third-order valence-electron chi connectivity index (χ3n) is 8.96. The molecule has 8 nitrogen and oxygen atoms in total. The molecule has 0 spiro atoms. The first-order valence-electron chi connectivity index (χ1n) is 13.1. The number of carbonyl (C=O) groups is 1. The smallest absolute Gasteiger partial charge is 0.269 e. The van der Waals surface area contributed by atoms with Gasteiger partial charge in [0.2, 0.25) is 5.91 Å². The van der Waals surface area contributed by atoms with E-state index >= 15 is 0 Å². The van der Waals surface area contributed by atoms with Crippen molar-refractivity contribution < 1.29 is 9.72 Å². The fourth-order valence-electron chi connectivity index (χ4n) is 7.36. The SMILES string of the molecule is O=C([C@@H]1Cc2cc([N+](=O)[O-])ccc2N2C[C@H]3C[C@@H](Cn4c3cccc4=O)[C@@H]12)N1CCc2ccccc2C1. The number of nitrogens with zero attached hydrogens (tertiary/aromatic N) is 4. The van der Waals surface area contributed by atoms with Gasteiger partial charge in [-0.15, -0.1) is 0 Å². The van der Waals surface area contributed by atoms with Crippen molar-refractivity contribution in [2.24, 2.45) is 11.8 Å². The standard InChI is InChI=1S/C29H28N4O4/c34-27-7-3-6-25-21-12-22(17-31(25)27)28-24(29(35)30-11-10-18-4-1-2-5-19(18)15-30)14-20-13-23(33(36)37)8-9-26(20)32(28)16-21/h1-9,13,21-22,24,28H,10-12,14-17H2/t21-,22+,24-,28+/m1/s1. The van der Waals surface area contributed by atoms with Crippen LogP contribution in [0.2, 0.25) is 0 Å². The first-order valence-corrected chi connectivity index (χ1v) is 13.1. The maximum Gasteiger partial charge on any atom is 0.269 e. The van der Waals surface area contributed by atoms with Crippen LogP contribution in [-0.4, -0.2) is 39.4 Å². The maximum absolute atomic E-state index is 14.2. The molecule has 0 radical (unpaired) electrons. The van der Waals surface area contributed by atoms with E-state index in [1.165, 1.54) is 11.1 Å². The molecule has 0 saturated carbocycles. The molecule has 3 aromatic rings. The van der Waals surface area contributed by atoms with Crippen molar-refractivity contribution >= 4 is 17.3 Å². The number of rotatable bonds is 2. The van der Waals surface area contributed by atoms with E-state index in [4.69, 9.17) is 0 Å². The molecule has 1 aromatic heterocycles. The summed E-state index contributed by atoms with van der Waals surface area (Å²) in [5.74, 6) is 0.140. The summed E-state index contributed by atoms with van der Waals surface area (Å²) in [5, 5.41) is 11.6. The largest absolute Gasteiger partial charge is 0.366 e. The van der Waals surface area contributed by atoms with Gasteiger partial charge in [-0.1, -0.05) is 30.3 Å². The zero-order valence-corrected chi connectivity index (χ0v) is 20.5. The zero-order chi connectivity index (χ0) is 25.3. The summed E-state index contributed by atoms with van der Waals surface area (Å²) in [7, 11) is 0. The Labute approximate surface area is 214 Å². The van der Waals surface area contributed by atoms with Gasteiger partial charge >= 0.3 is 0 Å². The van der Waals surface area contributed by atoms with Crippen LogP contribution in [-0.2, 0) is 30.7 Å². The number of pyridine rings is 1. The van der Waals surface area contributed by atoms with E-state index in [1.54, 1.807) is 18.2 Å². The summed E-state index contributed by atoms with van der Waals surface area (Å²) < 4.78 is 1.90. The Hall–Kier alpha value is -3.94. The molecule has 4 aliphatic rings. The lowest BCUT2D eigenvalue weighted by molar-refractivity contribution is -0.384. The van der Waals surface area contributed by atoms with Crippen LogP contribution in [0.1, 0.15) is 34.7 Å². The van der Waals surface area contributed by atoms with E-state index < -0.39 is 0 Å². The van der Waals surface area contributed by atoms with Crippen LogP contribution in [0.4, 0.5) is 11.4 Å². The highest BCUT2D eigenvalue weighted by molar-refractivity contribution is 5.83. The summed E-state index contributed by atoms with van der Waals surface area (Å²) in [6, 6.07) is 18.8. The van der Waals surface area contributed by atoms with Crippen LogP contribution in [0.25, 0.3) is 0 Å². The molecule has 7 rings (SSSR count). The number of hydrogen-bond donors (Lipinski definition) is 0. The summed E-state index contributed by atoms with van der Waals surface area (Å²) in [4.78, 5) is 42.5. The van der Waals surface area contributed by atoms with E-state index in [9.17, 15) is 19.7 Å². The number of aromatic nitrogens is 1. The molecule has 2 aromatic carbocycles. The highest BCUT2D eigenvalue weighted by Crippen LogP contribution is 2.48. The third-order valence-corrected chi connectivity index (χ3v) is 8.96. The first kappa shape index (κ1) is 22.3. The maximum atomic E-state index is 14.2. The highest BCUT2D eigenvalue weighted by atomic mass is 16.6. The molecule has 1 amide bonds. The summed E-state index contributed by atoms with van der Waals surface area (Å²) in [6.45, 7) is 2.57. The van der Waals surface area contributed by atoms with Gasteiger partial charge in [-0.25, -0.2) is 0 Å². The number of nitro groups is 1. The Morgan fingerprint density at radius 2 is 1.81 bits per heavy atom. The molecule has 1 saturated heterocycles. The number of hydrogen-bond acceptors (Lipinski definition) is 5. The summed E-state index contributed by atoms with van der Waals surface area (Å²) in [5.41, 5.74) is 5.46. The van der Waals surface area contributed by atoms with E-state index in [-0.39, 0.29) is 45.9 Å². The third kappa shape index (κ3) is 3.49. The van der Waals surface area contributed by atoms with Gasteiger partial charge in [-0.2, -0.15) is 0 Å². The van der Waals surface area contributed by atoms with Crippen LogP contribution in [0.5, 0.6) is 0 Å². The zero-order valence-electron chi connectivity index (χ0n) is 20.5. The van der Waals surface area contributed by atoms with E-state index in [0.29, 0.717) is 32.6 Å². The van der Waals surface area contributed by atoms with Crippen molar-refractivity contribution in [3.8, 4) is 0 Å². The monoisotopic (exact) mass is 496 g/mol. The fraction of sp³-hybridized carbons (Fsp3) is 0.379. The van der Waals surface area contributed by atoms with Gasteiger partial charge in [0.25, 0.3) is 11.2 Å². The van der Waals surface area contributed by atoms with Crippen LogP contribution in [0.15, 0.2) is 65.5 Å². The molecule has 188 valence electrons.